The number of primary sulfonamides is 1. The van der Waals surface area contributed by atoms with Crippen LogP contribution in [0.4, 0.5) is 5.69 Å². The summed E-state index contributed by atoms with van der Waals surface area (Å²) in [7, 11) is -3.73. The number of nitrogens with two attached hydrogens (primary N) is 1. The summed E-state index contributed by atoms with van der Waals surface area (Å²) in [4.78, 5) is 14.1. The Morgan fingerprint density at radius 2 is 1.71 bits per heavy atom. The first kappa shape index (κ1) is 18.5. The van der Waals surface area contributed by atoms with Crippen molar-refractivity contribution in [1.29, 1.82) is 0 Å². The second-order valence-corrected chi connectivity index (χ2v) is 8.58. The van der Waals surface area contributed by atoms with E-state index < -0.39 is 10.0 Å². The summed E-state index contributed by atoms with van der Waals surface area (Å²) in [5.74, 6) is 0.719. The highest BCUT2D eigenvalue weighted by Gasteiger charge is 2.23. The van der Waals surface area contributed by atoms with Crippen molar-refractivity contribution in [3.63, 3.8) is 0 Å². The van der Waals surface area contributed by atoms with Gasteiger partial charge in [-0.1, -0.05) is 0 Å². The SMILES string of the molecule is Cc1c(C)c2cc3c(c(C)c2oc1=O)OCN(c1ccc(S(N)(=O)=O)cc1)C3. The summed E-state index contributed by atoms with van der Waals surface area (Å²) < 4.78 is 34.3. The van der Waals surface area contributed by atoms with Crippen LogP contribution >= 0.6 is 0 Å². The Bertz CT molecular complexity index is 1260. The molecule has 0 atom stereocenters. The number of fused-ring (bicyclic) bond motifs is 2. The van der Waals surface area contributed by atoms with Crippen molar-refractivity contribution >= 4 is 26.7 Å². The molecule has 3 aromatic rings. The van der Waals surface area contributed by atoms with Gasteiger partial charge in [-0.2, -0.15) is 0 Å². The molecule has 2 heterocycles. The van der Waals surface area contributed by atoms with Gasteiger partial charge < -0.3 is 14.1 Å². The van der Waals surface area contributed by atoms with Crippen LogP contribution in [0.15, 0.2) is 44.4 Å². The lowest BCUT2D eigenvalue weighted by molar-refractivity contribution is 0.287. The molecule has 2 N–H and O–H groups in total. The number of sulfonamides is 1. The van der Waals surface area contributed by atoms with Gasteiger partial charge in [0.1, 0.15) is 11.3 Å². The summed E-state index contributed by atoms with van der Waals surface area (Å²) in [6.07, 6.45) is 0. The van der Waals surface area contributed by atoms with Crippen LogP contribution in [0, 0.1) is 20.8 Å². The number of hydrogen-bond acceptors (Lipinski definition) is 6. The summed E-state index contributed by atoms with van der Waals surface area (Å²) in [6.45, 7) is 6.43. The zero-order valence-electron chi connectivity index (χ0n) is 15.8. The van der Waals surface area contributed by atoms with Gasteiger partial charge in [-0.3, -0.25) is 0 Å². The van der Waals surface area contributed by atoms with E-state index in [1.807, 2.05) is 24.8 Å². The van der Waals surface area contributed by atoms with Crippen molar-refractivity contribution in [2.75, 3.05) is 11.6 Å². The van der Waals surface area contributed by atoms with E-state index >= 15 is 0 Å². The van der Waals surface area contributed by atoms with Gasteiger partial charge in [0.25, 0.3) is 0 Å². The van der Waals surface area contributed by atoms with E-state index in [0.29, 0.717) is 24.4 Å². The lowest BCUT2D eigenvalue weighted by atomic mass is 9.99. The van der Waals surface area contributed by atoms with E-state index in [2.05, 4.69) is 0 Å². The maximum atomic E-state index is 12.0. The third-order valence-electron chi connectivity index (χ3n) is 5.26. The van der Waals surface area contributed by atoms with Crippen LogP contribution < -0.4 is 20.4 Å². The largest absolute Gasteiger partial charge is 0.472 e. The Kier molecular flexibility index (Phi) is 4.20. The van der Waals surface area contributed by atoms with Crippen LogP contribution in [-0.4, -0.2) is 15.1 Å². The van der Waals surface area contributed by atoms with Crippen LogP contribution in [0.3, 0.4) is 0 Å². The van der Waals surface area contributed by atoms with Gasteiger partial charge in [0.05, 0.1) is 4.90 Å². The van der Waals surface area contributed by atoms with Gasteiger partial charge in [0, 0.05) is 34.3 Å². The van der Waals surface area contributed by atoms with Crippen LogP contribution in [0.1, 0.15) is 22.3 Å². The van der Waals surface area contributed by atoms with Crippen molar-refractivity contribution < 1.29 is 17.6 Å². The van der Waals surface area contributed by atoms with Crippen LogP contribution in [0.25, 0.3) is 11.0 Å². The topological polar surface area (TPSA) is 103 Å². The van der Waals surface area contributed by atoms with E-state index in [9.17, 15) is 13.2 Å². The van der Waals surface area contributed by atoms with Crippen molar-refractivity contribution in [2.24, 2.45) is 5.14 Å². The Labute approximate surface area is 162 Å². The molecule has 1 aliphatic heterocycles. The minimum Gasteiger partial charge on any atom is -0.472 e. The lowest BCUT2D eigenvalue weighted by Crippen LogP contribution is -2.32. The highest BCUT2D eigenvalue weighted by molar-refractivity contribution is 7.89. The molecular weight excluding hydrogens is 380 g/mol. The Morgan fingerprint density at radius 1 is 1.04 bits per heavy atom. The van der Waals surface area contributed by atoms with E-state index in [1.165, 1.54) is 12.1 Å². The summed E-state index contributed by atoms with van der Waals surface area (Å²) in [5, 5.41) is 6.05. The van der Waals surface area contributed by atoms with E-state index in [4.69, 9.17) is 14.3 Å². The summed E-state index contributed by atoms with van der Waals surface area (Å²) in [6, 6.07) is 8.36. The average Bonchev–Trinajstić information content (AvgIpc) is 2.66. The van der Waals surface area contributed by atoms with E-state index in [0.717, 1.165) is 33.5 Å². The molecule has 1 aliphatic rings. The maximum absolute atomic E-state index is 12.0. The van der Waals surface area contributed by atoms with Crippen LogP contribution in [0.5, 0.6) is 5.75 Å². The van der Waals surface area contributed by atoms with Crippen molar-refractivity contribution in [3.8, 4) is 5.75 Å². The molecule has 146 valence electrons. The minimum atomic E-state index is -3.73. The molecule has 4 rings (SSSR count). The fourth-order valence-corrected chi connectivity index (χ4v) is 4.03. The van der Waals surface area contributed by atoms with Crippen molar-refractivity contribution in [1.82, 2.24) is 0 Å². The molecule has 0 fully saturated rings. The van der Waals surface area contributed by atoms with Gasteiger partial charge in [-0.15, -0.1) is 0 Å². The van der Waals surface area contributed by atoms with Gasteiger partial charge in [-0.05, 0) is 56.7 Å². The molecule has 0 saturated carbocycles. The van der Waals surface area contributed by atoms with Gasteiger partial charge in [0.2, 0.25) is 10.0 Å². The highest BCUT2D eigenvalue weighted by Crippen LogP contribution is 2.37. The number of aryl methyl sites for hydroxylation is 2. The smallest absolute Gasteiger partial charge is 0.339 e. The number of hydrogen-bond donors (Lipinski definition) is 1. The zero-order valence-corrected chi connectivity index (χ0v) is 16.6. The molecule has 8 heteroatoms. The molecule has 1 aromatic heterocycles. The number of nitrogens with zero attached hydrogens (tertiary/aromatic N) is 1. The van der Waals surface area contributed by atoms with Gasteiger partial charge >= 0.3 is 5.63 Å². The van der Waals surface area contributed by atoms with Crippen molar-refractivity contribution in [2.45, 2.75) is 32.2 Å². The zero-order chi connectivity index (χ0) is 20.2. The Hall–Kier alpha value is -2.84. The molecule has 0 aliphatic carbocycles. The number of ether oxygens (including phenoxy) is 1. The molecule has 7 nitrogen and oxygen atoms in total. The predicted molar refractivity (Wildman–Crippen MR) is 106 cm³/mol. The lowest BCUT2D eigenvalue weighted by Gasteiger charge is -2.32. The monoisotopic (exact) mass is 400 g/mol. The molecule has 0 unspecified atom stereocenters. The quantitative estimate of drug-likeness (QED) is 0.664. The molecule has 0 amide bonds. The number of rotatable bonds is 2. The average molecular weight is 400 g/mol. The fourth-order valence-electron chi connectivity index (χ4n) is 3.51. The molecule has 0 saturated heterocycles. The van der Waals surface area contributed by atoms with Gasteiger partial charge in [0.15, 0.2) is 6.73 Å². The minimum absolute atomic E-state index is 0.0672. The molecule has 0 spiro atoms. The first-order valence-corrected chi connectivity index (χ1v) is 10.3. The predicted octanol–water partition coefficient (Wildman–Crippen LogP) is 2.72. The van der Waals surface area contributed by atoms with Crippen LogP contribution in [0.2, 0.25) is 0 Å². The fraction of sp³-hybridized carbons (Fsp3) is 0.250. The maximum Gasteiger partial charge on any atom is 0.339 e. The number of benzene rings is 2. The molecule has 0 bridgehead atoms. The summed E-state index contributed by atoms with van der Waals surface area (Å²) >= 11 is 0. The highest BCUT2D eigenvalue weighted by atomic mass is 32.2. The number of anilines is 1. The first-order valence-electron chi connectivity index (χ1n) is 8.74. The Balaban J connectivity index is 1.76. The first-order chi connectivity index (χ1) is 13.2. The standard InChI is InChI=1S/C20H20N2O5S/c1-11-12(2)20(23)27-19-13(3)18-14(8-17(11)19)9-22(10-26-18)15-4-6-16(7-5-15)28(21,24)25/h4-8H,9-10H2,1-3H3,(H2,21,24,25). The molecule has 28 heavy (non-hydrogen) atoms. The van der Waals surface area contributed by atoms with E-state index in [-0.39, 0.29) is 10.5 Å². The van der Waals surface area contributed by atoms with Gasteiger partial charge in [-0.25, -0.2) is 18.4 Å². The molecule has 0 radical (unpaired) electrons. The third kappa shape index (κ3) is 2.94. The van der Waals surface area contributed by atoms with Crippen molar-refractivity contribution in [3.05, 3.63) is 63.0 Å². The normalized spacial score (nSPS) is 14.1. The summed E-state index contributed by atoms with van der Waals surface area (Å²) in [5.41, 5.74) is 4.31. The Morgan fingerprint density at radius 3 is 2.36 bits per heavy atom. The van der Waals surface area contributed by atoms with E-state index in [1.54, 1.807) is 19.1 Å². The molecular formula is C20H20N2O5S. The second-order valence-electron chi connectivity index (χ2n) is 7.02. The third-order valence-corrected chi connectivity index (χ3v) is 6.19. The molecule has 2 aromatic carbocycles. The van der Waals surface area contributed by atoms with Crippen LogP contribution in [-0.2, 0) is 16.6 Å². The second kappa shape index (κ2) is 6.35.